The van der Waals surface area contributed by atoms with Crippen LogP contribution in [0.15, 0.2) is 58.4 Å². The van der Waals surface area contributed by atoms with Gasteiger partial charge in [0.2, 0.25) is 5.91 Å². The average molecular weight is 444 g/mol. The summed E-state index contributed by atoms with van der Waals surface area (Å²) in [4.78, 5) is 17.7. The van der Waals surface area contributed by atoms with Gasteiger partial charge in [-0.15, -0.1) is 0 Å². The molecule has 164 valence electrons. The summed E-state index contributed by atoms with van der Waals surface area (Å²) in [6, 6.07) is 13.2. The third kappa shape index (κ3) is 4.36. The van der Waals surface area contributed by atoms with Gasteiger partial charge in [0.15, 0.2) is 11.5 Å². The van der Waals surface area contributed by atoms with Crippen LogP contribution in [-0.4, -0.2) is 45.5 Å². The molecular formula is C22H25N3O5S. The van der Waals surface area contributed by atoms with Crippen molar-refractivity contribution in [2.75, 3.05) is 13.2 Å². The van der Waals surface area contributed by atoms with Crippen LogP contribution in [0.25, 0.3) is 0 Å². The smallest absolute Gasteiger partial charge is 0.263 e. The van der Waals surface area contributed by atoms with E-state index in [9.17, 15) is 13.2 Å². The van der Waals surface area contributed by atoms with E-state index in [4.69, 9.17) is 9.47 Å². The molecule has 8 nitrogen and oxygen atoms in total. The van der Waals surface area contributed by atoms with Gasteiger partial charge in [0.1, 0.15) is 24.6 Å². The topological polar surface area (TPSA) is 106 Å². The van der Waals surface area contributed by atoms with Crippen LogP contribution in [-0.2, 0) is 14.8 Å². The Bertz CT molecular complexity index is 1120. The lowest BCUT2D eigenvalue weighted by Gasteiger charge is -2.27. The molecule has 2 aromatic rings. The Labute approximate surface area is 181 Å². The Balaban J connectivity index is 1.49. The zero-order chi connectivity index (χ0) is 22.0. The van der Waals surface area contributed by atoms with Gasteiger partial charge >= 0.3 is 0 Å². The van der Waals surface area contributed by atoms with Crippen molar-refractivity contribution < 1.29 is 22.7 Å². The van der Waals surface area contributed by atoms with E-state index in [0.29, 0.717) is 30.1 Å². The zero-order valence-electron chi connectivity index (χ0n) is 17.4. The second-order valence-electron chi connectivity index (χ2n) is 7.65. The number of amides is 1. The summed E-state index contributed by atoms with van der Waals surface area (Å²) in [5, 5.41) is 2.89. The Kier molecular flexibility index (Phi) is 5.86. The number of fused-ring (bicyclic) bond motifs is 2. The summed E-state index contributed by atoms with van der Waals surface area (Å²) in [5.74, 6) is 1.15. The van der Waals surface area contributed by atoms with E-state index in [1.165, 1.54) is 6.07 Å². The van der Waals surface area contributed by atoms with Crippen LogP contribution in [0.4, 0.5) is 0 Å². The molecule has 0 bridgehead atoms. The molecule has 4 rings (SSSR count). The van der Waals surface area contributed by atoms with Gasteiger partial charge in [-0.2, -0.15) is 0 Å². The molecule has 2 aliphatic heterocycles. The molecule has 0 saturated carbocycles. The number of nitrogens with one attached hydrogen (secondary N) is 2. The Morgan fingerprint density at radius 2 is 1.90 bits per heavy atom. The third-order valence-corrected chi connectivity index (χ3v) is 6.85. The minimum atomic E-state index is -3.67. The van der Waals surface area contributed by atoms with Gasteiger partial charge in [-0.05, 0) is 30.2 Å². The number of hydrogen-bond donors (Lipinski definition) is 2. The molecule has 3 atom stereocenters. The Morgan fingerprint density at radius 1 is 1.19 bits per heavy atom. The molecule has 0 aliphatic carbocycles. The fraction of sp³-hybridized carbons (Fsp3) is 0.364. The van der Waals surface area contributed by atoms with Crippen molar-refractivity contribution in [2.45, 2.75) is 37.3 Å². The second-order valence-corrected chi connectivity index (χ2v) is 9.30. The molecule has 1 amide bonds. The fourth-order valence-electron chi connectivity index (χ4n) is 3.52. The lowest BCUT2D eigenvalue weighted by Crippen LogP contribution is -2.45. The van der Waals surface area contributed by atoms with Gasteiger partial charge in [0, 0.05) is 5.56 Å². The number of carbonyl (C=O) groups is 1. The predicted octanol–water partition coefficient (Wildman–Crippen LogP) is 2.10. The monoisotopic (exact) mass is 443 g/mol. The van der Waals surface area contributed by atoms with Gasteiger partial charge in [-0.1, -0.05) is 44.5 Å². The highest BCUT2D eigenvalue weighted by atomic mass is 32.2. The van der Waals surface area contributed by atoms with Crippen LogP contribution in [0.3, 0.4) is 0 Å². The normalized spacial score (nSPS) is 21.6. The van der Waals surface area contributed by atoms with E-state index in [1.807, 2.05) is 38.1 Å². The molecule has 0 aromatic heterocycles. The average Bonchev–Trinajstić information content (AvgIpc) is 3.05. The van der Waals surface area contributed by atoms with Crippen LogP contribution in [0.1, 0.15) is 25.8 Å². The molecule has 2 aromatic carbocycles. The van der Waals surface area contributed by atoms with E-state index in [2.05, 4.69) is 15.0 Å². The highest BCUT2D eigenvalue weighted by Crippen LogP contribution is 2.30. The number of sulfonamides is 1. The van der Waals surface area contributed by atoms with E-state index in [0.717, 1.165) is 0 Å². The second kappa shape index (κ2) is 8.58. The molecule has 2 heterocycles. The number of para-hydroxylation sites is 2. The summed E-state index contributed by atoms with van der Waals surface area (Å²) < 4.78 is 38.8. The van der Waals surface area contributed by atoms with Crippen molar-refractivity contribution in [1.29, 1.82) is 0 Å². The summed E-state index contributed by atoms with van der Waals surface area (Å²) in [6.07, 6.45) is 0.384. The van der Waals surface area contributed by atoms with Gasteiger partial charge < -0.3 is 14.8 Å². The number of rotatable bonds is 6. The minimum absolute atomic E-state index is 0.0889. The van der Waals surface area contributed by atoms with E-state index in [1.54, 1.807) is 18.2 Å². The number of ether oxygens (including phenoxy) is 2. The Morgan fingerprint density at radius 3 is 2.68 bits per heavy atom. The van der Waals surface area contributed by atoms with Crippen LogP contribution in [0.5, 0.6) is 11.5 Å². The van der Waals surface area contributed by atoms with Gasteiger partial charge in [-0.3, -0.25) is 14.5 Å². The maximum absolute atomic E-state index is 13.0. The maximum Gasteiger partial charge on any atom is 0.263 e. The number of carbonyl (C=O) groups excluding carboxylic acids is 1. The van der Waals surface area contributed by atoms with Crippen molar-refractivity contribution >= 4 is 21.8 Å². The zero-order valence-corrected chi connectivity index (χ0v) is 18.2. The summed E-state index contributed by atoms with van der Waals surface area (Å²) in [5.41, 5.74) is 0.476. The minimum Gasteiger partial charge on any atom is -0.486 e. The van der Waals surface area contributed by atoms with E-state index in [-0.39, 0.29) is 35.2 Å². The van der Waals surface area contributed by atoms with Crippen LogP contribution in [0.2, 0.25) is 0 Å². The lowest BCUT2D eigenvalue weighted by atomic mass is 9.98. The van der Waals surface area contributed by atoms with Gasteiger partial charge in [0.25, 0.3) is 10.0 Å². The highest BCUT2D eigenvalue weighted by Gasteiger charge is 2.33. The lowest BCUT2D eigenvalue weighted by molar-refractivity contribution is -0.123. The largest absolute Gasteiger partial charge is 0.486 e. The van der Waals surface area contributed by atoms with Crippen molar-refractivity contribution in [2.24, 2.45) is 10.9 Å². The number of aliphatic imine (C=N–C) groups is 1. The molecule has 2 N–H and O–H groups in total. The number of nitrogens with zero attached hydrogens (tertiary/aromatic N) is 1. The molecule has 0 saturated heterocycles. The number of amidine groups is 1. The highest BCUT2D eigenvalue weighted by molar-refractivity contribution is 7.90. The first-order chi connectivity index (χ1) is 14.9. The Hall–Kier alpha value is -3.07. The first kappa shape index (κ1) is 21.2. The first-order valence-corrected chi connectivity index (χ1v) is 11.7. The standard InChI is InChI=1S/C22H25N3O5S/c1-3-14(2)20(24-21-16-8-4-7-11-19(16)31(27,28)25-21)22(26)23-12-15-13-29-17-9-5-6-10-18(17)30-15/h4-11,14-15,20H,3,12-13H2,1-2H3,(H,23,26)(H,24,25)/t14-,15?,20-/m0/s1. The third-order valence-electron chi connectivity index (χ3n) is 5.45. The summed E-state index contributed by atoms with van der Waals surface area (Å²) in [7, 11) is -3.67. The van der Waals surface area contributed by atoms with Crippen molar-refractivity contribution in [1.82, 2.24) is 10.0 Å². The molecule has 0 fully saturated rings. The number of benzene rings is 2. The van der Waals surface area contributed by atoms with Crippen LogP contribution < -0.4 is 19.5 Å². The number of hydrogen-bond acceptors (Lipinski definition) is 6. The molecule has 0 radical (unpaired) electrons. The van der Waals surface area contributed by atoms with Gasteiger partial charge in [-0.25, -0.2) is 8.42 Å². The van der Waals surface area contributed by atoms with Crippen LogP contribution in [0, 0.1) is 5.92 Å². The maximum atomic E-state index is 13.0. The molecule has 9 heteroatoms. The van der Waals surface area contributed by atoms with Crippen molar-refractivity contribution in [3.8, 4) is 11.5 Å². The molecule has 2 aliphatic rings. The van der Waals surface area contributed by atoms with E-state index >= 15 is 0 Å². The predicted molar refractivity (Wildman–Crippen MR) is 116 cm³/mol. The molecular weight excluding hydrogens is 418 g/mol. The van der Waals surface area contributed by atoms with Gasteiger partial charge in [0.05, 0.1) is 11.4 Å². The molecule has 31 heavy (non-hydrogen) atoms. The van der Waals surface area contributed by atoms with Crippen molar-refractivity contribution in [3.63, 3.8) is 0 Å². The van der Waals surface area contributed by atoms with Crippen LogP contribution >= 0.6 is 0 Å². The summed E-state index contributed by atoms with van der Waals surface area (Å²) in [6.45, 7) is 4.47. The molecule has 0 spiro atoms. The summed E-state index contributed by atoms with van der Waals surface area (Å²) >= 11 is 0. The SMILES string of the molecule is CC[C@H](C)[C@H](N=C1NS(=O)(=O)c2ccccc21)C(=O)NCC1COc2ccccc2O1. The van der Waals surface area contributed by atoms with Crippen molar-refractivity contribution in [3.05, 3.63) is 54.1 Å². The quantitative estimate of drug-likeness (QED) is 0.711. The first-order valence-electron chi connectivity index (χ1n) is 10.2. The van der Waals surface area contributed by atoms with E-state index < -0.39 is 16.1 Å². The fourth-order valence-corrected chi connectivity index (χ4v) is 4.76. The molecule has 1 unspecified atom stereocenters.